The van der Waals surface area contributed by atoms with Gasteiger partial charge < -0.3 is 5.32 Å². The van der Waals surface area contributed by atoms with Gasteiger partial charge in [-0.3, -0.25) is 10.1 Å². The lowest BCUT2D eigenvalue weighted by molar-refractivity contribution is -0.118. The number of hydrogen-bond acceptors (Lipinski definition) is 3. The Morgan fingerprint density at radius 2 is 2.09 bits per heavy atom. The van der Waals surface area contributed by atoms with Gasteiger partial charge in [0.1, 0.15) is 0 Å². The van der Waals surface area contributed by atoms with E-state index in [1.54, 1.807) is 41.3 Å². The van der Waals surface area contributed by atoms with Crippen LogP contribution in [0.15, 0.2) is 42.7 Å². The normalized spacial score (nSPS) is 19.5. The number of amides is 1. The van der Waals surface area contributed by atoms with Gasteiger partial charge in [0.2, 0.25) is 5.91 Å². The van der Waals surface area contributed by atoms with E-state index in [9.17, 15) is 13.6 Å². The summed E-state index contributed by atoms with van der Waals surface area (Å²) in [6.07, 6.45) is 3.00. The van der Waals surface area contributed by atoms with Crippen molar-refractivity contribution in [2.45, 2.75) is 18.4 Å². The Morgan fingerprint density at radius 1 is 1.36 bits per heavy atom. The van der Waals surface area contributed by atoms with E-state index in [0.717, 1.165) is 5.69 Å². The summed E-state index contributed by atoms with van der Waals surface area (Å²) in [6.45, 7) is -0.455. The molecule has 0 aliphatic carbocycles. The number of rotatable bonds is 3. The van der Waals surface area contributed by atoms with Gasteiger partial charge in [-0.1, -0.05) is 0 Å². The molecule has 118 valence electrons. The maximum Gasteiger partial charge on any atom is 0.262 e. The second-order valence-corrected chi connectivity index (χ2v) is 4.98. The largest absolute Gasteiger partial charge is 0.325 e. The van der Waals surface area contributed by atoms with Crippen molar-refractivity contribution in [2.24, 2.45) is 0 Å². The molecule has 1 saturated heterocycles. The van der Waals surface area contributed by atoms with Crippen LogP contribution >= 0.6 is 12.4 Å². The van der Waals surface area contributed by atoms with Gasteiger partial charge in [-0.25, -0.2) is 13.5 Å². The smallest absolute Gasteiger partial charge is 0.262 e. The topological polar surface area (TPSA) is 59.0 Å². The fourth-order valence-corrected chi connectivity index (χ4v) is 2.25. The van der Waals surface area contributed by atoms with Crippen molar-refractivity contribution in [1.29, 1.82) is 0 Å². The lowest BCUT2D eigenvalue weighted by Gasteiger charge is -2.11. The van der Waals surface area contributed by atoms with E-state index in [-0.39, 0.29) is 12.4 Å². The number of anilines is 1. The summed E-state index contributed by atoms with van der Waals surface area (Å²) in [5, 5.41) is 9.25. The van der Waals surface area contributed by atoms with Crippen molar-refractivity contribution >= 4 is 24.0 Å². The molecule has 3 rings (SSSR count). The minimum absolute atomic E-state index is 0. The molecule has 2 N–H and O–H groups in total. The van der Waals surface area contributed by atoms with Crippen LogP contribution in [0.2, 0.25) is 0 Å². The number of carbonyl (C=O) groups is 1. The fourth-order valence-electron chi connectivity index (χ4n) is 2.25. The molecule has 1 aliphatic heterocycles. The number of alkyl halides is 2. The zero-order valence-corrected chi connectivity index (χ0v) is 12.3. The Bertz CT molecular complexity index is 631. The van der Waals surface area contributed by atoms with Gasteiger partial charge in [0.15, 0.2) is 0 Å². The molecule has 0 bridgehead atoms. The van der Waals surface area contributed by atoms with Crippen LogP contribution in [0.5, 0.6) is 0 Å². The minimum atomic E-state index is -2.81. The average molecular weight is 329 g/mol. The zero-order chi connectivity index (χ0) is 14.9. The molecule has 1 fully saturated rings. The van der Waals surface area contributed by atoms with E-state index in [2.05, 4.69) is 15.7 Å². The monoisotopic (exact) mass is 328 g/mol. The number of hydrogen-bond donors (Lipinski definition) is 2. The molecule has 8 heteroatoms. The molecule has 5 nitrogen and oxygen atoms in total. The van der Waals surface area contributed by atoms with Gasteiger partial charge in [-0.2, -0.15) is 5.10 Å². The maximum absolute atomic E-state index is 13.1. The molecule has 1 aromatic heterocycles. The molecule has 0 saturated carbocycles. The Morgan fingerprint density at radius 3 is 2.64 bits per heavy atom. The Hall–Kier alpha value is -1.99. The predicted molar refractivity (Wildman–Crippen MR) is 80.8 cm³/mol. The third kappa shape index (κ3) is 3.61. The number of carbonyl (C=O) groups excluding carboxylic acids is 1. The number of halogens is 3. The number of aromatic nitrogens is 2. The molecule has 1 amide bonds. The van der Waals surface area contributed by atoms with Crippen LogP contribution in [0, 0.1) is 0 Å². The number of nitrogens with zero attached hydrogens (tertiary/aromatic N) is 2. The third-order valence-electron chi connectivity index (χ3n) is 3.33. The molecule has 22 heavy (non-hydrogen) atoms. The molecule has 1 aliphatic rings. The van der Waals surface area contributed by atoms with Gasteiger partial charge in [-0.15, -0.1) is 12.4 Å². The van der Waals surface area contributed by atoms with Crippen molar-refractivity contribution in [1.82, 2.24) is 15.1 Å². The summed E-state index contributed by atoms with van der Waals surface area (Å²) in [5.74, 6) is -3.26. The summed E-state index contributed by atoms with van der Waals surface area (Å²) in [7, 11) is 0. The summed E-state index contributed by atoms with van der Waals surface area (Å²) >= 11 is 0. The minimum Gasteiger partial charge on any atom is -0.325 e. The summed E-state index contributed by atoms with van der Waals surface area (Å²) in [6, 6.07) is 7.95. The first kappa shape index (κ1) is 16.4. The van der Waals surface area contributed by atoms with Crippen molar-refractivity contribution in [2.75, 3.05) is 11.9 Å². The SMILES string of the molecule is Cl.O=C(Nc1ccc(-n2cccn2)cc1)C1CC(F)(F)CN1. The molecular weight excluding hydrogens is 314 g/mol. The Labute approximate surface area is 132 Å². The fraction of sp³-hybridized carbons (Fsp3) is 0.286. The Balaban J connectivity index is 0.00000176. The first-order chi connectivity index (χ1) is 10.0. The zero-order valence-electron chi connectivity index (χ0n) is 11.5. The molecule has 1 atom stereocenters. The quantitative estimate of drug-likeness (QED) is 0.908. The van der Waals surface area contributed by atoms with Gasteiger partial charge in [0, 0.05) is 24.5 Å². The van der Waals surface area contributed by atoms with Gasteiger partial charge >= 0.3 is 0 Å². The van der Waals surface area contributed by atoms with E-state index in [4.69, 9.17) is 0 Å². The highest BCUT2D eigenvalue weighted by Gasteiger charge is 2.42. The summed E-state index contributed by atoms with van der Waals surface area (Å²) in [5.41, 5.74) is 1.41. The molecule has 1 aromatic carbocycles. The van der Waals surface area contributed by atoms with Crippen molar-refractivity contribution in [3.05, 3.63) is 42.7 Å². The van der Waals surface area contributed by atoms with Gasteiger partial charge in [-0.05, 0) is 30.3 Å². The first-order valence-electron chi connectivity index (χ1n) is 6.56. The molecule has 2 heterocycles. The Kier molecular flexibility index (Phi) is 4.77. The molecule has 0 radical (unpaired) electrons. The second-order valence-electron chi connectivity index (χ2n) is 4.98. The summed E-state index contributed by atoms with van der Waals surface area (Å²) < 4.78 is 27.8. The average Bonchev–Trinajstić information content (AvgIpc) is 3.09. The van der Waals surface area contributed by atoms with E-state index in [0.29, 0.717) is 5.69 Å². The highest BCUT2D eigenvalue weighted by atomic mass is 35.5. The lowest BCUT2D eigenvalue weighted by Crippen LogP contribution is -2.35. The predicted octanol–water partition coefficient (Wildman–Crippen LogP) is 2.23. The van der Waals surface area contributed by atoms with Crippen molar-refractivity contribution < 1.29 is 13.6 Å². The van der Waals surface area contributed by atoms with Crippen LogP contribution in [0.25, 0.3) is 5.69 Å². The highest BCUT2D eigenvalue weighted by molar-refractivity contribution is 5.95. The number of nitrogens with one attached hydrogen (secondary N) is 2. The van der Waals surface area contributed by atoms with Crippen LogP contribution in [0.1, 0.15) is 6.42 Å². The second kappa shape index (κ2) is 6.41. The van der Waals surface area contributed by atoms with Crippen LogP contribution < -0.4 is 10.6 Å². The molecule has 2 aromatic rings. The molecule has 1 unspecified atom stereocenters. The lowest BCUT2D eigenvalue weighted by atomic mass is 10.2. The first-order valence-corrected chi connectivity index (χ1v) is 6.56. The van der Waals surface area contributed by atoms with E-state index >= 15 is 0 Å². The maximum atomic E-state index is 13.1. The highest BCUT2D eigenvalue weighted by Crippen LogP contribution is 2.25. The van der Waals surface area contributed by atoms with Crippen LogP contribution in [0.3, 0.4) is 0 Å². The number of benzene rings is 1. The molecule has 0 spiro atoms. The van der Waals surface area contributed by atoms with Crippen LogP contribution in [0.4, 0.5) is 14.5 Å². The van der Waals surface area contributed by atoms with Gasteiger partial charge in [0.05, 0.1) is 18.3 Å². The van der Waals surface area contributed by atoms with Gasteiger partial charge in [0.25, 0.3) is 5.92 Å². The molecular formula is C14H15ClF2N4O. The third-order valence-corrected chi connectivity index (χ3v) is 3.33. The van der Waals surface area contributed by atoms with Crippen molar-refractivity contribution in [3.8, 4) is 5.69 Å². The van der Waals surface area contributed by atoms with E-state index < -0.39 is 30.8 Å². The van der Waals surface area contributed by atoms with E-state index in [1.165, 1.54) is 0 Å². The van der Waals surface area contributed by atoms with Crippen LogP contribution in [-0.2, 0) is 4.79 Å². The standard InChI is InChI=1S/C14H14F2N4O.ClH/c15-14(16)8-12(17-9-14)13(21)19-10-2-4-11(5-3-10)20-7-1-6-18-20;/h1-7,12,17H,8-9H2,(H,19,21);1H. The van der Waals surface area contributed by atoms with Crippen molar-refractivity contribution in [3.63, 3.8) is 0 Å². The summed E-state index contributed by atoms with van der Waals surface area (Å²) in [4.78, 5) is 11.9. The van der Waals surface area contributed by atoms with Crippen LogP contribution in [-0.4, -0.2) is 34.2 Å². The van der Waals surface area contributed by atoms with E-state index in [1.807, 2.05) is 6.07 Å².